The standard InChI is InChI=1S/C21H34N2O2/c1-5-19(14-17-10-7-6-8-11-17)22-15-18-12-9-13-23(16-18)20(24)25-21(2,3)4/h6-8,10-11,18-19,22H,5,9,12-16H2,1-4H3. The number of likely N-dealkylation sites (tertiary alicyclic amines) is 1. The van der Waals surface area contributed by atoms with E-state index in [9.17, 15) is 4.79 Å². The van der Waals surface area contributed by atoms with Crippen LogP contribution in [0.1, 0.15) is 52.5 Å². The summed E-state index contributed by atoms with van der Waals surface area (Å²) in [5.74, 6) is 0.506. The molecule has 0 spiro atoms. The molecule has 140 valence electrons. The predicted octanol–water partition coefficient (Wildman–Crippen LogP) is 4.24. The van der Waals surface area contributed by atoms with Gasteiger partial charge in [0.15, 0.2) is 0 Å². The average Bonchev–Trinajstić information content (AvgIpc) is 2.58. The van der Waals surface area contributed by atoms with E-state index in [1.54, 1.807) is 0 Å². The van der Waals surface area contributed by atoms with Gasteiger partial charge in [-0.15, -0.1) is 0 Å². The van der Waals surface area contributed by atoms with Crippen LogP contribution in [0.15, 0.2) is 30.3 Å². The lowest BCUT2D eigenvalue weighted by Crippen LogP contribution is -2.46. The molecule has 25 heavy (non-hydrogen) atoms. The van der Waals surface area contributed by atoms with Crippen LogP contribution in [0.2, 0.25) is 0 Å². The van der Waals surface area contributed by atoms with Crippen LogP contribution < -0.4 is 5.32 Å². The van der Waals surface area contributed by atoms with Crippen molar-refractivity contribution in [2.75, 3.05) is 19.6 Å². The number of carbonyl (C=O) groups is 1. The number of hydrogen-bond donors (Lipinski definition) is 1. The number of rotatable bonds is 6. The molecule has 1 aliphatic heterocycles. The van der Waals surface area contributed by atoms with Crippen molar-refractivity contribution in [3.05, 3.63) is 35.9 Å². The van der Waals surface area contributed by atoms with Crippen LogP contribution in [0, 0.1) is 5.92 Å². The van der Waals surface area contributed by atoms with Crippen molar-refractivity contribution in [2.45, 2.75) is 65.0 Å². The summed E-state index contributed by atoms with van der Waals surface area (Å²) in [6.07, 6.45) is 4.22. The maximum Gasteiger partial charge on any atom is 0.410 e. The molecule has 2 atom stereocenters. The number of carbonyl (C=O) groups excluding carboxylic acids is 1. The van der Waals surface area contributed by atoms with Crippen LogP contribution in [0.25, 0.3) is 0 Å². The molecule has 0 saturated carbocycles. The maximum absolute atomic E-state index is 12.3. The Morgan fingerprint density at radius 1 is 1.32 bits per heavy atom. The molecule has 4 nitrogen and oxygen atoms in total. The average molecular weight is 347 g/mol. The third-order valence-electron chi connectivity index (χ3n) is 4.68. The van der Waals surface area contributed by atoms with E-state index in [1.807, 2.05) is 25.7 Å². The van der Waals surface area contributed by atoms with Crippen molar-refractivity contribution in [3.8, 4) is 0 Å². The minimum absolute atomic E-state index is 0.173. The Kier molecular flexibility index (Phi) is 7.30. The largest absolute Gasteiger partial charge is 0.444 e. The monoisotopic (exact) mass is 346 g/mol. The second-order valence-corrected chi connectivity index (χ2v) is 8.14. The molecule has 1 saturated heterocycles. The van der Waals surface area contributed by atoms with Gasteiger partial charge in [-0.25, -0.2) is 4.79 Å². The number of benzene rings is 1. The summed E-state index contributed by atoms with van der Waals surface area (Å²) in [6, 6.07) is 11.1. The van der Waals surface area contributed by atoms with Crippen molar-refractivity contribution in [2.24, 2.45) is 5.92 Å². The summed E-state index contributed by atoms with van der Waals surface area (Å²) < 4.78 is 5.52. The Bertz CT molecular complexity index is 524. The van der Waals surface area contributed by atoms with Crippen LogP contribution in [0.5, 0.6) is 0 Å². The number of nitrogens with zero attached hydrogens (tertiary/aromatic N) is 1. The van der Waals surface area contributed by atoms with E-state index >= 15 is 0 Å². The molecule has 4 heteroatoms. The molecule has 1 aromatic carbocycles. The van der Waals surface area contributed by atoms with Gasteiger partial charge in [-0.05, 0) is 64.5 Å². The number of hydrogen-bond acceptors (Lipinski definition) is 3. The molecule has 0 radical (unpaired) electrons. The normalized spacial score (nSPS) is 19.5. The molecule has 1 aromatic rings. The van der Waals surface area contributed by atoms with Crippen LogP contribution in [0.3, 0.4) is 0 Å². The molecule has 1 heterocycles. The fraction of sp³-hybridized carbons (Fsp3) is 0.667. The van der Waals surface area contributed by atoms with Gasteiger partial charge in [-0.1, -0.05) is 37.3 Å². The molecule has 2 unspecified atom stereocenters. The molecule has 0 aliphatic carbocycles. The van der Waals surface area contributed by atoms with Crippen molar-refractivity contribution in [1.29, 1.82) is 0 Å². The molecule has 1 N–H and O–H groups in total. The maximum atomic E-state index is 12.3. The van der Waals surface area contributed by atoms with Gasteiger partial charge >= 0.3 is 6.09 Å². The Labute approximate surface area is 152 Å². The summed E-state index contributed by atoms with van der Waals surface area (Å²) in [5, 5.41) is 3.72. The zero-order valence-corrected chi connectivity index (χ0v) is 16.3. The fourth-order valence-corrected chi connectivity index (χ4v) is 3.32. The first-order valence-corrected chi connectivity index (χ1v) is 9.62. The minimum Gasteiger partial charge on any atom is -0.444 e. The van der Waals surface area contributed by atoms with Crippen LogP contribution >= 0.6 is 0 Å². The molecular formula is C21H34N2O2. The van der Waals surface area contributed by atoms with E-state index < -0.39 is 5.60 Å². The highest BCUT2D eigenvalue weighted by molar-refractivity contribution is 5.68. The first-order chi connectivity index (χ1) is 11.9. The van der Waals surface area contributed by atoms with E-state index in [0.717, 1.165) is 38.9 Å². The molecule has 0 aromatic heterocycles. The molecule has 1 fully saturated rings. The van der Waals surface area contributed by atoms with Gasteiger partial charge in [-0.3, -0.25) is 0 Å². The second-order valence-electron chi connectivity index (χ2n) is 8.14. The predicted molar refractivity (Wildman–Crippen MR) is 103 cm³/mol. The SMILES string of the molecule is CCC(Cc1ccccc1)NCC1CCCN(C(=O)OC(C)(C)C)C1. The molecular weight excluding hydrogens is 312 g/mol. The molecule has 0 bridgehead atoms. The summed E-state index contributed by atoms with van der Waals surface area (Å²) in [5.41, 5.74) is 0.950. The van der Waals surface area contributed by atoms with Crippen LogP contribution in [-0.4, -0.2) is 42.3 Å². The van der Waals surface area contributed by atoms with E-state index in [1.165, 1.54) is 12.0 Å². The number of amides is 1. The summed E-state index contributed by atoms with van der Waals surface area (Å²) >= 11 is 0. The lowest BCUT2D eigenvalue weighted by atomic mass is 9.97. The van der Waals surface area contributed by atoms with Gasteiger partial charge in [0.1, 0.15) is 5.60 Å². The highest BCUT2D eigenvalue weighted by Crippen LogP contribution is 2.19. The minimum atomic E-state index is -0.425. The summed E-state index contributed by atoms with van der Waals surface area (Å²) in [4.78, 5) is 14.2. The molecule has 2 rings (SSSR count). The fourth-order valence-electron chi connectivity index (χ4n) is 3.32. The van der Waals surface area contributed by atoms with Gasteiger partial charge in [-0.2, -0.15) is 0 Å². The van der Waals surface area contributed by atoms with Gasteiger partial charge in [0.25, 0.3) is 0 Å². The van der Waals surface area contributed by atoms with Crippen LogP contribution in [-0.2, 0) is 11.2 Å². The highest BCUT2D eigenvalue weighted by Gasteiger charge is 2.27. The van der Waals surface area contributed by atoms with Gasteiger partial charge in [0.05, 0.1) is 0 Å². The van der Waals surface area contributed by atoms with Gasteiger partial charge in [0.2, 0.25) is 0 Å². The number of ether oxygens (including phenoxy) is 1. The van der Waals surface area contributed by atoms with E-state index in [4.69, 9.17) is 4.74 Å². The van der Waals surface area contributed by atoms with Crippen molar-refractivity contribution in [3.63, 3.8) is 0 Å². The lowest BCUT2D eigenvalue weighted by Gasteiger charge is -2.34. The third kappa shape index (κ3) is 7.07. The lowest BCUT2D eigenvalue weighted by molar-refractivity contribution is 0.0165. The first-order valence-electron chi connectivity index (χ1n) is 9.62. The van der Waals surface area contributed by atoms with E-state index in [0.29, 0.717) is 12.0 Å². The zero-order chi connectivity index (χ0) is 18.3. The smallest absolute Gasteiger partial charge is 0.410 e. The topological polar surface area (TPSA) is 41.6 Å². The van der Waals surface area contributed by atoms with Gasteiger partial charge in [0, 0.05) is 19.1 Å². The number of nitrogens with one attached hydrogen (secondary N) is 1. The summed E-state index contributed by atoms with van der Waals surface area (Å²) in [7, 11) is 0. The Morgan fingerprint density at radius 2 is 2.04 bits per heavy atom. The third-order valence-corrected chi connectivity index (χ3v) is 4.68. The highest BCUT2D eigenvalue weighted by atomic mass is 16.6. The quantitative estimate of drug-likeness (QED) is 0.837. The Morgan fingerprint density at radius 3 is 2.68 bits per heavy atom. The van der Waals surface area contributed by atoms with Crippen molar-refractivity contribution >= 4 is 6.09 Å². The Balaban J connectivity index is 1.80. The van der Waals surface area contributed by atoms with Crippen molar-refractivity contribution < 1.29 is 9.53 Å². The van der Waals surface area contributed by atoms with E-state index in [-0.39, 0.29) is 6.09 Å². The summed E-state index contributed by atoms with van der Waals surface area (Å²) in [6.45, 7) is 10.6. The Hall–Kier alpha value is -1.55. The number of piperidine rings is 1. The zero-order valence-electron chi connectivity index (χ0n) is 16.3. The van der Waals surface area contributed by atoms with Gasteiger partial charge < -0.3 is 15.0 Å². The molecule has 1 aliphatic rings. The second kappa shape index (κ2) is 9.23. The van der Waals surface area contributed by atoms with E-state index in [2.05, 4.69) is 42.6 Å². The molecule has 1 amide bonds. The first kappa shape index (κ1) is 19.8. The van der Waals surface area contributed by atoms with Crippen molar-refractivity contribution in [1.82, 2.24) is 10.2 Å². The van der Waals surface area contributed by atoms with Crippen LogP contribution in [0.4, 0.5) is 4.79 Å².